The molecule has 0 unspecified atom stereocenters. The lowest BCUT2D eigenvalue weighted by Gasteiger charge is -2.05. The second-order valence-electron chi connectivity index (χ2n) is 7.11. The smallest absolute Gasteiger partial charge is 0.331 e. The molecule has 0 atom stereocenters. The van der Waals surface area contributed by atoms with Crippen molar-refractivity contribution < 1.29 is 24.5 Å². The Kier molecular flexibility index (Phi) is 5.45. The predicted molar refractivity (Wildman–Crippen MR) is 119 cm³/mol. The quantitative estimate of drug-likeness (QED) is 0.207. The van der Waals surface area contributed by atoms with E-state index in [1.54, 1.807) is 6.07 Å². The molecule has 2 N–H and O–H groups in total. The fourth-order valence-electron chi connectivity index (χ4n) is 3.64. The van der Waals surface area contributed by atoms with Gasteiger partial charge in [-0.1, -0.05) is 24.3 Å². The van der Waals surface area contributed by atoms with Gasteiger partial charge in [0.1, 0.15) is 0 Å². The summed E-state index contributed by atoms with van der Waals surface area (Å²) in [5.41, 5.74) is 3.15. The molecular formula is C25H21NO5. The van der Waals surface area contributed by atoms with Gasteiger partial charge in [-0.3, -0.25) is 4.79 Å². The molecule has 0 spiro atoms. The first-order valence-corrected chi connectivity index (χ1v) is 9.89. The van der Waals surface area contributed by atoms with Crippen molar-refractivity contribution in [2.75, 3.05) is 6.61 Å². The van der Waals surface area contributed by atoms with Gasteiger partial charge in [0.05, 0.1) is 0 Å². The minimum Gasteiger partial charge on any atom is -0.504 e. The molecule has 0 aliphatic carbocycles. The van der Waals surface area contributed by atoms with Crippen LogP contribution in [0.15, 0.2) is 66.7 Å². The number of hydrogen-bond donors (Lipinski definition) is 2. The van der Waals surface area contributed by atoms with Gasteiger partial charge in [0.2, 0.25) is 0 Å². The normalized spacial score (nSPS) is 11.4. The van der Waals surface area contributed by atoms with Gasteiger partial charge in [0.25, 0.3) is 0 Å². The molecule has 156 valence electrons. The first-order valence-electron chi connectivity index (χ1n) is 9.89. The molecule has 31 heavy (non-hydrogen) atoms. The maximum Gasteiger partial charge on any atom is 0.331 e. The number of fused-ring (bicyclic) bond motifs is 3. The van der Waals surface area contributed by atoms with Crippen LogP contribution in [0.2, 0.25) is 0 Å². The first-order chi connectivity index (χ1) is 15.0. The van der Waals surface area contributed by atoms with Crippen LogP contribution in [0.4, 0.5) is 0 Å². The third-order valence-electron chi connectivity index (χ3n) is 5.17. The molecule has 4 aromatic rings. The van der Waals surface area contributed by atoms with E-state index in [9.17, 15) is 19.8 Å². The molecule has 0 saturated heterocycles. The van der Waals surface area contributed by atoms with Crippen LogP contribution in [0.5, 0.6) is 11.5 Å². The lowest BCUT2D eigenvalue weighted by Crippen LogP contribution is -2.12. The number of nitrogens with zero attached hydrogens (tertiary/aromatic N) is 1. The van der Waals surface area contributed by atoms with Crippen molar-refractivity contribution >= 4 is 39.6 Å². The number of Topliss-reactive ketones (excluding diaryl/α,β-unsaturated/α-hetero) is 1. The molecular weight excluding hydrogens is 394 g/mol. The van der Waals surface area contributed by atoms with E-state index < -0.39 is 5.97 Å². The van der Waals surface area contributed by atoms with Gasteiger partial charge in [-0.25, -0.2) is 4.79 Å². The van der Waals surface area contributed by atoms with Crippen molar-refractivity contribution in [1.82, 2.24) is 4.57 Å². The number of ketones is 1. The molecule has 0 bridgehead atoms. The summed E-state index contributed by atoms with van der Waals surface area (Å²) in [6.45, 7) is 2.53. The fraction of sp³-hybridized carbons (Fsp3) is 0.120. The number of rotatable bonds is 6. The highest BCUT2D eigenvalue weighted by Crippen LogP contribution is 2.30. The minimum absolute atomic E-state index is 0.246. The van der Waals surface area contributed by atoms with Crippen molar-refractivity contribution in [3.8, 4) is 11.5 Å². The highest BCUT2D eigenvalue weighted by atomic mass is 16.5. The zero-order chi connectivity index (χ0) is 22.0. The van der Waals surface area contributed by atoms with E-state index in [1.165, 1.54) is 24.3 Å². The van der Waals surface area contributed by atoms with Gasteiger partial charge in [-0.2, -0.15) is 0 Å². The zero-order valence-corrected chi connectivity index (χ0v) is 16.9. The second kappa shape index (κ2) is 8.36. The molecule has 3 aromatic carbocycles. The Bertz CT molecular complexity index is 1330. The van der Waals surface area contributed by atoms with Crippen molar-refractivity contribution in [3.63, 3.8) is 0 Å². The lowest BCUT2D eigenvalue weighted by atomic mass is 10.1. The summed E-state index contributed by atoms with van der Waals surface area (Å²) >= 11 is 0. The molecule has 0 aliphatic heterocycles. The third-order valence-corrected chi connectivity index (χ3v) is 5.17. The molecule has 0 fully saturated rings. The molecule has 0 amide bonds. The Labute approximate surface area is 178 Å². The molecule has 0 saturated carbocycles. The molecule has 6 heteroatoms. The average Bonchev–Trinajstić information content (AvgIpc) is 3.11. The summed E-state index contributed by atoms with van der Waals surface area (Å²) in [6, 6.07) is 17.7. The molecule has 4 rings (SSSR count). The Hall–Kier alpha value is -4.06. The summed E-state index contributed by atoms with van der Waals surface area (Å²) in [5.74, 6) is -1.50. The van der Waals surface area contributed by atoms with E-state index in [0.717, 1.165) is 34.4 Å². The second-order valence-corrected chi connectivity index (χ2v) is 7.11. The van der Waals surface area contributed by atoms with Gasteiger partial charge in [0, 0.05) is 40.0 Å². The number of aromatic hydroxyl groups is 2. The molecule has 1 heterocycles. The molecule has 0 aliphatic rings. The summed E-state index contributed by atoms with van der Waals surface area (Å²) in [4.78, 5) is 24.5. The zero-order valence-electron chi connectivity index (χ0n) is 16.9. The van der Waals surface area contributed by atoms with Crippen LogP contribution >= 0.6 is 0 Å². The highest BCUT2D eigenvalue weighted by Gasteiger charge is 2.14. The number of ether oxygens (including phenoxy) is 1. The number of esters is 1. The van der Waals surface area contributed by atoms with Crippen LogP contribution in [0.1, 0.15) is 22.8 Å². The van der Waals surface area contributed by atoms with Crippen LogP contribution in [-0.4, -0.2) is 33.1 Å². The van der Waals surface area contributed by atoms with Gasteiger partial charge < -0.3 is 19.5 Å². The van der Waals surface area contributed by atoms with Crippen molar-refractivity contribution in [2.45, 2.75) is 13.5 Å². The maximum atomic E-state index is 12.6. The predicted octanol–water partition coefficient (Wildman–Crippen LogP) is 4.66. The number of aromatic nitrogens is 1. The van der Waals surface area contributed by atoms with Crippen LogP contribution in [0, 0.1) is 0 Å². The third kappa shape index (κ3) is 4.00. The summed E-state index contributed by atoms with van der Waals surface area (Å²) < 4.78 is 7.27. The number of para-hydroxylation sites is 1. The Morgan fingerprint density at radius 1 is 0.935 bits per heavy atom. The number of phenolic OH excluding ortho intramolecular Hbond substituents is 2. The first kappa shape index (κ1) is 20.2. The van der Waals surface area contributed by atoms with Gasteiger partial charge in [0.15, 0.2) is 23.9 Å². The monoisotopic (exact) mass is 415 g/mol. The number of phenols is 2. The van der Waals surface area contributed by atoms with E-state index >= 15 is 0 Å². The van der Waals surface area contributed by atoms with E-state index in [4.69, 9.17) is 4.74 Å². The van der Waals surface area contributed by atoms with Crippen molar-refractivity contribution in [3.05, 3.63) is 77.9 Å². The number of benzene rings is 3. The summed E-state index contributed by atoms with van der Waals surface area (Å²) in [6.07, 6.45) is 2.59. The molecule has 1 aromatic heterocycles. The van der Waals surface area contributed by atoms with Gasteiger partial charge >= 0.3 is 5.97 Å². The van der Waals surface area contributed by atoms with Crippen LogP contribution in [-0.2, 0) is 16.1 Å². The standard InChI is InChI=1S/C25H21NO5/c1-2-26-20-6-4-3-5-18(20)19-14-17(9-10-21(19)26)24(29)15-31-25(30)12-8-16-7-11-22(27)23(28)13-16/h3-14,27-28H,2,15H2,1H3/b12-8+. The maximum absolute atomic E-state index is 12.6. The van der Waals surface area contributed by atoms with Crippen LogP contribution in [0.3, 0.4) is 0 Å². The van der Waals surface area contributed by atoms with Crippen LogP contribution < -0.4 is 0 Å². The van der Waals surface area contributed by atoms with Gasteiger partial charge in [-0.15, -0.1) is 0 Å². The van der Waals surface area contributed by atoms with E-state index in [1.807, 2.05) is 30.3 Å². The molecule has 6 nitrogen and oxygen atoms in total. The van der Waals surface area contributed by atoms with Crippen molar-refractivity contribution in [1.29, 1.82) is 0 Å². The fourth-order valence-corrected chi connectivity index (χ4v) is 3.64. The Balaban J connectivity index is 1.48. The number of carbonyl (C=O) groups is 2. The summed E-state index contributed by atoms with van der Waals surface area (Å²) in [5, 5.41) is 20.9. The van der Waals surface area contributed by atoms with Gasteiger partial charge in [-0.05, 0) is 55.0 Å². The Morgan fingerprint density at radius 2 is 1.71 bits per heavy atom. The van der Waals surface area contributed by atoms with E-state index in [2.05, 4.69) is 17.6 Å². The summed E-state index contributed by atoms with van der Waals surface area (Å²) in [7, 11) is 0. The Morgan fingerprint density at radius 3 is 2.48 bits per heavy atom. The largest absolute Gasteiger partial charge is 0.504 e. The number of hydrogen-bond acceptors (Lipinski definition) is 5. The number of carbonyl (C=O) groups excluding carboxylic acids is 2. The topological polar surface area (TPSA) is 88.8 Å². The SMILES string of the molecule is CCn1c2ccccc2c2cc(C(=O)COC(=O)/C=C/c3ccc(O)c(O)c3)ccc21. The molecule has 0 radical (unpaired) electrons. The van der Waals surface area contributed by atoms with Crippen molar-refractivity contribution in [2.24, 2.45) is 0 Å². The van der Waals surface area contributed by atoms with E-state index in [0.29, 0.717) is 11.1 Å². The average molecular weight is 415 g/mol. The minimum atomic E-state index is -0.676. The number of aryl methyl sites for hydroxylation is 1. The van der Waals surface area contributed by atoms with Crippen LogP contribution in [0.25, 0.3) is 27.9 Å². The highest BCUT2D eigenvalue weighted by molar-refractivity contribution is 6.11. The lowest BCUT2D eigenvalue weighted by molar-refractivity contribution is -0.136. The van der Waals surface area contributed by atoms with E-state index in [-0.39, 0.29) is 23.9 Å².